The zero-order valence-corrected chi connectivity index (χ0v) is 21.0. The largest absolute Gasteiger partial charge is 0.465 e. The summed E-state index contributed by atoms with van der Waals surface area (Å²) in [6.07, 6.45) is 10.5. The van der Waals surface area contributed by atoms with E-state index in [0.717, 1.165) is 19.3 Å². The Labute approximate surface area is 201 Å². The highest BCUT2D eigenvalue weighted by molar-refractivity contribution is 5.99. The minimum absolute atomic E-state index is 0.232. The van der Waals surface area contributed by atoms with Gasteiger partial charge in [0.2, 0.25) is 11.8 Å². The number of aliphatic hydroxyl groups is 1. The molecule has 8 heteroatoms. The smallest absolute Gasteiger partial charge is 0.313 e. The van der Waals surface area contributed by atoms with Gasteiger partial charge in [-0.25, -0.2) is 0 Å². The molecule has 0 bridgehead atoms. The van der Waals surface area contributed by atoms with Gasteiger partial charge >= 0.3 is 5.97 Å². The molecule has 8 nitrogen and oxygen atoms in total. The van der Waals surface area contributed by atoms with Crippen LogP contribution in [0.2, 0.25) is 0 Å². The van der Waals surface area contributed by atoms with E-state index in [0.29, 0.717) is 19.6 Å². The summed E-state index contributed by atoms with van der Waals surface area (Å²) in [7, 11) is 0. The second-order valence-corrected chi connectivity index (χ2v) is 11.1. The molecule has 2 fully saturated rings. The molecule has 0 radical (unpaired) electrons. The zero-order valence-electron chi connectivity index (χ0n) is 21.0. The van der Waals surface area contributed by atoms with Crippen LogP contribution in [0.15, 0.2) is 24.3 Å². The van der Waals surface area contributed by atoms with Crippen LogP contribution >= 0.6 is 0 Å². The maximum Gasteiger partial charge on any atom is 0.313 e. The van der Waals surface area contributed by atoms with E-state index in [9.17, 15) is 19.5 Å². The topological polar surface area (TPSA) is 96.4 Å². The second kappa shape index (κ2) is 8.79. The van der Waals surface area contributed by atoms with Crippen LogP contribution < -0.4 is 0 Å². The maximum atomic E-state index is 14.1. The number of fused-ring (bicyclic) bond motifs is 2. The van der Waals surface area contributed by atoms with Crippen LogP contribution in [0, 0.1) is 11.8 Å². The van der Waals surface area contributed by atoms with Crippen LogP contribution in [0.1, 0.15) is 60.3 Å². The SMILES string of the molecule is CC[C@@H](CO)N1C(=O)[C@@H]2[C@@H]3C(=O)OCCCC/C=C\[C@]3(C)O[C@@]23C=CCN(C(C)(C)C)C(=O)C13. The molecule has 6 atom stereocenters. The minimum atomic E-state index is -1.33. The Balaban J connectivity index is 1.91. The first-order valence-corrected chi connectivity index (χ1v) is 12.5. The summed E-state index contributed by atoms with van der Waals surface area (Å²) < 4.78 is 12.4. The average molecular weight is 475 g/mol. The predicted molar refractivity (Wildman–Crippen MR) is 126 cm³/mol. The molecule has 4 aliphatic heterocycles. The number of carbonyl (C=O) groups excluding carboxylic acids is 3. The highest BCUT2D eigenvalue weighted by Crippen LogP contribution is 2.57. The second-order valence-electron chi connectivity index (χ2n) is 11.1. The highest BCUT2D eigenvalue weighted by Gasteiger charge is 2.75. The van der Waals surface area contributed by atoms with Crippen LogP contribution in [0.4, 0.5) is 0 Å². The van der Waals surface area contributed by atoms with Crippen molar-refractivity contribution < 1.29 is 29.0 Å². The van der Waals surface area contributed by atoms with Gasteiger partial charge in [0, 0.05) is 12.1 Å². The lowest BCUT2D eigenvalue weighted by Crippen LogP contribution is -2.61. The van der Waals surface area contributed by atoms with E-state index in [1.54, 1.807) is 4.90 Å². The van der Waals surface area contributed by atoms with Crippen molar-refractivity contribution in [3.8, 4) is 0 Å². The highest BCUT2D eigenvalue weighted by atomic mass is 16.6. The zero-order chi connectivity index (χ0) is 24.9. The monoisotopic (exact) mass is 474 g/mol. The molecule has 4 rings (SSSR count). The number of amides is 2. The normalized spacial score (nSPS) is 38.1. The number of likely N-dealkylation sites (tertiary alicyclic amines) is 1. The third-order valence-corrected chi connectivity index (χ3v) is 7.82. The molecule has 0 aromatic rings. The average Bonchev–Trinajstić information content (AvgIpc) is 3.08. The first-order chi connectivity index (χ1) is 16.0. The van der Waals surface area contributed by atoms with Crippen molar-refractivity contribution in [2.24, 2.45) is 11.8 Å². The van der Waals surface area contributed by atoms with Crippen LogP contribution in [-0.4, -0.2) is 81.3 Å². The van der Waals surface area contributed by atoms with Gasteiger partial charge in [-0.1, -0.05) is 31.2 Å². The Morgan fingerprint density at radius 2 is 1.85 bits per heavy atom. The van der Waals surface area contributed by atoms with Gasteiger partial charge in [0.25, 0.3) is 0 Å². The van der Waals surface area contributed by atoms with Gasteiger partial charge in [-0.05, 0) is 53.4 Å². The van der Waals surface area contributed by atoms with Gasteiger partial charge in [-0.15, -0.1) is 0 Å². The fraction of sp³-hybridized carbons (Fsp3) is 0.731. The van der Waals surface area contributed by atoms with Gasteiger partial charge in [-0.3, -0.25) is 14.4 Å². The number of esters is 1. The summed E-state index contributed by atoms with van der Waals surface area (Å²) in [6.45, 7) is 9.94. The molecule has 1 unspecified atom stereocenters. The number of rotatable bonds is 3. The molecule has 4 aliphatic rings. The molecule has 2 amide bonds. The number of aliphatic hydroxyl groups excluding tert-OH is 1. The van der Waals surface area contributed by atoms with Crippen LogP contribution in [0.3, 0.4) is 0 Å². The Morgan fingerprint density at radius 3 is 2.50 bits per heavy atom. The summed E-state index contributed by atoms with van der Waals surface area (Å²) in [5.41, 5.74) is -2.91. The molecule has 2 saturated heterocycles. The van der Waals surface area contributed by atoms with Crippen molar-refractivity contribution >= 4 is 17.8 Å². The van der Waals surface area contributed by atoms with Crippen molar-refractivity contribution in [3.05, 3.63) is 24.3 Å². The van der Waals surface area contributed by atoms with Gasteiger partial charge in [0.1, 0.15) is 17.6 Å². The number of hydrogen-bond donors (Lipinski definition) is 1. The van der Waals surface area contributed by atoms with Gasteiger partial charge < -0.3 is 24.4 Å². The Hall–Kier alpha value is -2.19. The van der Waals surface area contributed by atoms with Gasteiger partial charge in [0.05, 0.1) is 30.8 Å². The van der Waals surface area contributed by atoms with E-state index in [2.05, 4.69) is 0 Å². The van der Waals surface area contributed by atoms with Gasteiger partial charge in [0.15, 0.2) is 0 Å². The lowest BCUT2D eigenvalue weighted by atomic mass is 9.74. The van der Waals surface area contributed by atoms with Crippen molar-refractivity contribution in [2.75, 3.05) is 19.8 Å². The lowest BCUT2D eigenvalue weighted by molar-refractivity contribution is -0.162. The molecular formula is C26H38N2O6. The maximum absolute atomic E-state index is 14.1. The third kappa shape index (κ3) is 3.70. The van der Waals surface area contributed by atoms with E-state index >= 15 is 0 Å². The number of hydrogen-bond acceptors (Lipinski definition) is 6. The summed E-state index contributed by atoms with van der Waals surface area (Å²) in [5.74, 6) is -2.85. The molecule has 1 N–H and O–H groups in total. The lowest BCUT2D eigenvalue weighted by Gasteiger charge is -2.42. The van der Waals surface area contributed by atoms with Crippen LogP contribution in [-0.2, 0) is 23.9 Å². The number of allylic oxidation sites excluding steroid dienone is 1. The third-order valence-electron chi connectivity index (χ3n) is 7.82. The van der Waals surface area contributed by atoms with E-state index in [4.69, 9.17) is 9.47 Å². The minimum Gasteiger partial charge on any atom is -0.465 e. The summed E-state index contributed by atoms with van der Waals surface area (Å²) in [6, 6.07) is -1.53. The van der Waals surface area contributed by atoms with Crippen molar-refractivity contribution in [3.63, 3.8) is 0 Å². The molecule has 4 heterocycles. The summed E-state index contributed by atoms with van der Waals surface area (Å²) in [5, 5.41) is 10.1. The van der Waals surface area contributed by atoms with E-state index in [-0.39, 0.29) is 18.4 Å². The number of cyclic esters (lactones) is 1. The Kier molecular flexibility index (Phi) is 6.44. The van der Waals surface area contributed by atoms with Gasteiger partial charge in [-0.2, -0.15) is 0 Å². The van der Waals surface area contributed by atoms with Crippen molar-refractivity contribution in [2.45, 2.75) is 89.1 Å². The number of ether oxygens (including phenoxy) is 2. The van der Waals surface area contributed by atoms with Crippen molar-refractivity contribution in [1.82, 2.24) is 9.80 Å². The summed E-state index contributed by atoms with van der Waals surface area (Å²) >= 11 is 0. The number of nitrogens with zero attached hydrogens (tertiary/aromatic N) is 2. The Bertz CT molecular complexity index is 903. The summed E-state index contributed by atoms with van der Waals surface area (Å²) in [4.78, 5) is 44.9. The molecule has 34 heavy (non-hydrogen) atoms. The quantitative estimate of drug-likeness (QED) is 0.498. The standard InChI is InChI=1S/C26H38N2O6/c1-6-17(16-29)28-20-22(31)27(24(2,3)4)14-11-13-26(20)18(21(28)30)19-23(32)33-15-10-8-7-9-12-25(19,5)34-26/h9,11-13,17-20,29H,6-8,10,14-16H2,1-5H3/b12-9-/t17-,18-,19+,20?,25-,26-/m0/s1. The van der Waals surface area contributed by atoms with E-state index in [1.165, 1.54) is 4.90 Å². The first kappa shape index (κ1) is 24.9. The molecule has 0 aromatic heterocycles. The van der Waals surface area contributed by atoms with E-state index in [1.807, 2.05) is 58.9 Å². The molecule has 0 aliphatic carbocycles. The molecule has 1 spiro atoms. The van der Waals surface area contributed by atoms with Crippen LogP contribution in [0.25, 0.3) is 0 Å². The number of carbonyl (C=O) groups is 3. The predicted octanol–water partition coefficient (Wildman–Crippen LogP) is 2.21. The van der Waals surface area contributed by atoms with Crippen molar-refractivity contribution in [1.29, 1.82) is 0 Å². The first-order valence-electron chi connectivity index (χ1n) is 12.5. The Morgan fingerprint density at radius 1 is 1.12 bits per heavy atom. The molecule has 0 saturated carbocycles. The molecular weight excluding hydrogens is 436 g/mol. The van der Waals surface area contributed by atoms with Crippen LogP contribution in [0.5, 0.6) is 0 Å². The fourth-order valence-corrected chi connectivity index (χ4v) is 6.15. The molecule has 0 aromatic carbocycles. The van der Waals surface area contributed by atoms with E-state index < -0.39 is 46.6 Å². The fourth-order valence-electron chi connectivity index (χ4n) is 6.15. The molecule has 188 valence electrons.